The Morgan fingerprint density at radius 1 is 0.838 bits per heavy atom. The van der Waals surface area contributed by atoms with Gasteiger partial charge in [-0.1, -0.05) is 0 Å². The molecule has 0 bridgehead atoms. The molecule has 0 heterocycles. The van der Waals surface area contributed by atoms with Gasteiger partial charge in [-0.2, -0.15) is 11.8 Å². The standard InChI is InChI=1S/C21H41N9O6S/c1-37-10-7-12(23)17(32)28-13(5-2-3-8-22)18(33)29-14(6-4-9-27-21(25)26)19(34)30-15(20(35)36)11-16(24)31/h12-15H,2-11,22-23H2,1H3,(H2,24,31)(H,28,32)(H,29,33)(H,30,34)(H,35,36)(H4,25,26,27). The fourth-order valence-electron chi connectivity index (χ4n) is 3.13. The van der Waals surface area contributed by atoms with Gasteiger partial charge in [0.15, 0.2) is 5.96 Å². The fourth-order valence-corrected chi connectivity index (χ4v) is 3.62. The minimum atomic E-state index is -1.59. The molecule has 0 aliphatic heterocycles. The minimum absolute atomic E-state index is 0.0357. The Morgan fingerprint density at radius 2 is 1.38 bits per heavy atom. The number of hydrogen-bond acceptors (Lipinski definition) is 9. The minimum Gasteiger partial charge on any atom is -0.480 e. The van der Waals surface area contributed by atoms with Crippen LogP contribution in [-0.2, 0) is 24.0 Å². The van der Waals surface area contributed by atoms with Crippen molar-refractivity contribution in [3.8, 4) is 0 Å². The number of carbonyl (C=O) groups excluding carboxylic acids is 4. The van der Waals surface area contributed by atoms with E-state index in [1.165, 1.54) is 11.8 Å². The van der Waals surface area contributed by atoms with Crippen LogP contribution in [0.1, 0.15) is 44.9 Å². The molecule has 4 amide bonds. The zero-order chi connectivity index (χ0) is 28.4. The van der Waals surface area contributed by atoms with Gasteiger partial charge in [0.1, 0.15) is 18.1 Å². The Labute approximate surface area is 220 Å². The Morgan fingerprint density at radius 3 is 1.86 bits per heavy atom. The van der Waals surface area contributed by atoms with Crippen LogP contribution < -0.4 is 44.6 Å². The van der Waals surface area contributed by atoms with Crippen LogP contribution in [0.5, 0.6) is 0 Å². The van der Waals surface area contributed by atoms with Crippen molar-refractivity contribution in [2.45, 2.75) is 69.1 Å². The van der Waals surface area contributed by atoms with E-state index in [1.54, 1.807) is 0 Å². The van der Waals surface area contributed by atoms with Crippen molar-refractivity contribution in [1.82, 2.24) is 16.0 Å². The number of aliphatic imine (C=N–C) groups is 1. The summed E-state index contributed by atoms with van der Waals surface area (Å²) in [5, 5.41) is 16.7. The average molecular weight is 548 g/mol. The molecule has 0 rings (SSSR count). The summed E-state index contributed by atoms with van der Waals surface area (Å²) in [4.78, 5) is 65.0. The van der Waals surface area contributed by atoms with Gasteiger partial charge in [-0.25, -0.2) is 4.79 Å². The monoisotopic (exact) mass is 547 g/mol. The molecule has 0 aromatic rings. The second-order valence-corrected chi connectivity index (χ2v) is 9.30. The molecular weight excluding hydrogens is 506 g/mol. The zero-order valence-corrected chi connectivity index (χ0v) is 21.9. The molecule has 4 unspecified atom stereocenters. The number of nitrogens with zero attached hydrogens (tertiary/aromatic N) is 1. The van der Waals surface area contributed by atoms with E-state index in [9.17, 15) is 29.1 Å². The molecule has 4 atom stereocenters. The van der Waals surface area contributed by atoms with Gasteiger partial charge in [-0.3, -0.25) is 24.2 Å². The first-order valence-corrected chi connectivity index (χ1v) is 13.2. The molecule has 15 nitrogen and oxygen atoms in total. The third kappa shape index (κ3) is 15.6. The number of amides is 4. The van der Waals surface area contributed by atoms with Crippen LogP contribution in [0.15, 0.2) is 4.99 Å². The van der Waals surface area contributed by atoms with Crippen LogP contribution in [0.25, 0.3) is 0 Å². The first-order chi connectivity index (χ1) is 17.4. The number of carbonyl (C=O) groups is 5. The molecule has 0 aliphatic rings. The first kappa shape index (κ1) is 33.9. The highest BCUT2D eigenvalue weighted by atomic mass is 32.2. The van der Waals surface area contributed by atoms with E-state index in [2.05, 4.69) is 20.9 Å². The molecule has 16 heteroatoms. The largest absolute Gasteiger partial charge is 0.480 e. The van der Waals surface area contributed by atoms with Gasteiger partial charge in [0, 0.05) is 6.54 Å². The average Bonchev–Trinajstić information content (AvgIpc) is 2.82. The van der Waals surface area contributed by atoms with Crippen molar-refractivity contribution in [2.24, 2.45) is 33.7 Å². The Bertz CT molecular complexity index is 794. The number of aliphatic carboxylic acids is 1. The topological polar surface area (TPSA) is 284 Å². The zero-order valence-electron chi connectivity index (χ0n) is 21.1. The van der Waals surface area contributed by atoms with Gasteiger partial charge >= 0.3 is 5.97 Å². The first-order valence-electron chi connectivity index (χ1n) is 11.8. The summed E-state index contributed by atoms with van der Waals surface area (Å²) in [5.74, 6) is -3.92. The highest BCUT2D eigenvalue weighted by molar-refractivity contribution is 7.98. The van der Waals surface area contributed by atoms with E-state index in [4.69, 9.17) is 28.7 Å². The number of unbranched alkanes of at least 4 members (excludes halogenated alkanes) is 1. The summed E-state index contributed by atoms with van der Waals surface area (Å²) < 4.78 is 0. The smallest absolute Gasteiger partial charge is 0.326 e. The molecule has 0 aromatic heterocycles. The fraction of sp³-hybridized carbons (Fsp3) is 0.714. The maximum atomic E-state index is 13.1. The van der Waals surface area contributed by atoms with Gasteiger partial charge in [-0.15, -0.1) is 0 Å². The summed E-state index contributed by atoms with van der Waals surface area (Å²) >= 11 is 1.53. The molecule has 0 aliphatic carbocycles. The number of hydrogen-bond donors (Lipinski definition) is 9. The van der Waals surface area contributed by atoms with E-state index >= 15 is 0 Å². The van der Waals surface area contributed by atoms with Crippen molar-refractivity contribution in [3.63, 3.8) is 0 Å². The van der Waals surface area contributed by atoms with Crippen LogP contribution in [0.2, 0.25) is 0 Å². The van der Waals surface area contributed by atoms with Crippen molar-refractivity contribution < 1.29 is 29.1 Å². The highest BCUT2D eigenvalue weighted by Crippen LogP contribution is 2.07. The van der Waals surface area contributed by atoms with E-state index < -0.39 is 60.2 Å². The molecule has 0 fully saturated rings. The summed E-state index contributed by atoms with van der Waals surface area (Å²) in [6, 6.07) is -4.62. The molecule has 0 saturated heterocycles. The lowest BCUT2D eigenvalue weighted by Gasteiger charge is -2.25. The number of rotatable bonds is 20. The Balaban J connectivity index is 5.63. The second kappa shape index (κ2) is 19.1. The predicted molar refractivity (Wildman–Crippen MR) is 141 cm³/mol. The summed E-state index contributed by atoms with van der Waals surface area (Å²) in [6.07, 6.45) is 3.32. The highest BCUT2D eigenvalue weighted by Gasteiger charge is 2.30. The van der Waals surface area contributed by atoms with Crippen LogP contribution in [0.3, 0.4) is 0 Å². The molecule has 0 saturated carbocycles. The van der Waals surface area contributed by atoms with Crippen molar-refractivity contribution in [2.75, 3.05) is 25.1 Å². The van der Waals surface area contributed by atoms with Crippen LogP contribution in [0.4, 0.5) is 0 Å². The quantitative estimate of drug-likeness (QED) is 0.0412. The number of nitrogens with two attached hydrogens (primary N) is 5. The lowest BCUT2D eigenvalue weighted by Crippen LogP contribution is -2.57. The number of carboxylic acid groups (broad SMARTS) is 1. The van der Waals surface area contributed by atoms with E-state index in [0.29, 0.717) is 31.6 Å². The van der Waals surface area contributed by atoms with Crippen LogP contribution in [-0.4, -0.2) is 89.9 Å². The van der Waals surface area contributed by atoms with Gasteiger partial charge in [-0.05, 0) is 57.1 Å². The summed E-state index contributed by atoms with van der Waals surface area (Å²) in [7, 11) is 0. The van der Waals surface area contributed by atoms with Crippen LogP contribution in [0, 0.1) is 0 Å². The maximum absolute atomic E-state index is 13.1. The Kier molecular flexibility index (Phi) is 17.5. The van der Waals surface area contributed by atoms with Gasteiger partial charge in [0.05, 0.1) is 12.5 Å². The van der Waals surface area contributed by atoms with Gasteiger partial charge < -0.3 is 49.7 Å². The predicted octanol–water partition coefficient (Wildman–Crippen LogP) is -3.34. The normalized spacial score (nSPS) is 13.9. The third-order valence-electron chi connectivity index (χ3n) is 5.15. The molecule has 37 heavy (non-hydrogen) atoms. The second-order valence-electron chi connectivity index (χ2n) is 8.31. The third-order valence-corrected chi connectivity index (χ3v) is 5.79. The lowest BCUT2D eigenvalue weighted by molar-refractivity contribution is -0.143. The number of carboxylic acids is 1. The molecular formula is C21H41N9O6S. The van der Waals surface area contributed by atoms with E-state index in [0.717, 1.165) is 0 Å². The molecule has 14 N–H and O–H groups in total. The molecule has 0 spiro atoms. The van der Waals surface area contributed by atoms with E-state index in [1.807, 2.05) is 6.26 Å². The summed E-state index contributed by atoms with van der Waals surface area (Å²) in [5.41, 5.74) is 27.1. The SMILES string of the molecule is CSCCC(N)C(=O)NC(CCCCN)C(=O)NC(CCCN=C(N)N)C(=O)NC(CC(N)=O)C(=O)O. The van der Waals surface area contributed by atoms with E-state index in [-0.39, 0.29) is 31.8 Å². The number of primary amides is 1. The van der Waals surface area contributed by atoms with Crippen molar-refractivity contribution >= 4 is 47.3 Å². The molecule has 212 valence electrons. The summed E-state index contributed by atoms with van der Waals surface area (Å²) in [6.45, 7) is 0.536. The van der Waals surface area contributed by atoms with Crippen molar-refractivity contribution in [1.29, 1.82) is 0 Å². The lowest BCUT2D eigenvalue weighted by atomic mass is 10.0. The molecule has 0 radical (unpaired) electrons. The van der Waals surface area contributed by atoms with Gasteiger partial charge in [0.2, 0.25) is 23.6 Å². The van der Waals surface area contributed by atoms with Gasteiger partial charge in [0.25, 0.3) is 0 Å². The number of nitrogens with one attached hydrogen (secondary N) is 3. The number of guanidine groups is 1. The Hall–Kier alpha value is -3.11. The molecule has 0 aromatic carbocycles. The maximum Gasteiger partial charge on any atom is 0.326 e. The number of thioether (sulfide) groups is 1. The van der Waals surface area contributed by atoms with Crippen molar-refractivity contribution in [3.05, 3.63) is 0 Å². The van der Waals surface area contributed by atoms with Crippen LogP contribution >= 0.6 is 11.8 Å².